The van der Waals surface area contributed by atoms with Crippen LogP contribution in [0.15, 0.2) is 81.7 Å². The van der Waals surface area contributed by atoms with E-state index >= 15 is 0 Å². The van der Waals surface area contributed by atoms with Gasteiger partial charge in [-0.2, -0.15) is 0 Å². The number of halogens is 2. The minimum absolute atomic E-state index is 0.850. The second-order valence-electron chi connectivity index (χ2n) is 7.55. The standard InChI is InChI=1S/C26H16Br2N2O/c1-31-23-11-10-20(16-4-2-3-5-19(16)23)26-29-24-21-12-14(27)6-8-17(21)18-9-7-15(28)13-22(18)25(24)30-26/h2-13H,1H3,(H,29,30). The Kier molecular flexibility index (Phi) is 4.30. The van der Waals surface area contributed by atoms with Crippen molar-refractivity contribution < 1.29 is 4.74 Å². The molecule has 0 saturated carbocycles. The van der Waals surface area contributed by atoms with Crippen LogP contribution in [0, 0.1) is 0 Å². The zero-order valence-corrected chi connectivity index (χ0v) is 19.7. The maximum absolute atomic E-state index is 5.58. The summed E-state index contributed by atoms with van der Waals surface area (Å²) in [4.78, 5) is 8.74. The molecule has 0 amide bonds. The van der Waals surface area contributed by atoms with Gasteiger partial charge in [-0.3, -0.25) is 0 Å². The summed E-state index contributed by atoms with van der Waals surface area (Å²) in [5.41, 5.74) is 3.06. The van der Waals surface area contributed by atoms with Crippen LogP contribution >= 0.6 is 31.9 Å². The Bertz CT molecular complexity index is 1570. The maximum atomic E-state index is 5.58. The smallest absolute Gasteiger partial charge is 0.139 e. The van der Waals surface area contributed by atoms with Crippen molar-refractivity contribution in [3.05, 3.63) is 81.7 Å². The topological polar surface area (TPSA) is 37.9 Å². The van der Waals surface area contributed by atoms with Crippen molar-refractivity contribution in [1.29, 1.82) is 0 Å². The first kappa shape index (κ1) is 18.8. The Balaban J connectivity index is 1.76. The molecule has 0 saturated heterocycles. The van der Waals surface area contributed by atoms with E-state index in [1.165, 1.54) is 10.8 Å². The fraction of sp³-hybridized carbons (Fsp3) is 0.0385. The summed E-state index contributed by atoms with van der Waals surface area (Å²) in [5, 5.41) is 6.85. The summed E-state index contributed by atoms with van der Waals surface area (Å²) in [6, 6.07) is 25.2. The summed E-state index contributed by atoms with van der Waals surface area (Å²) < 4.78 is 7.66. The number of hydrogen-bond donors (Lipinski definition) is 1. The van der Waals surface area contributed by atoms with E-state index in [0.29, 0.717) is 0 Å². The van der Waals surface area contributed by atoms with Crippen molar-refractivity contribution in [3.8, 4) is 17.1 Å². The Labute approximate surface area is 195 Å². The first-order valence-corrected chi connectivity index (χ1v) is 11.5. The molecule has 3 nitrogen and oxygen atoms in total. The predicted molar refractivity (Wildman–Crippen MR) is 136 cm³/mol. The van der Waals surface area contributed by atoms with E-state index < -0.39 is 0 Å². The average Bonchev–Trinajstić information content (AvgIpc) is 3.24. The Morgan fingerprint density at radius 3 is 2.13 bits per heavy atom. The molecule has 0 fully saturated rings. The monoisotopic (exact) mass is 530 g/mol. The SMILES string of the molecule is COc1ccc(-c2nc3c4cc(Br)ccc4c4ccc(Br)cc4c3[nH]2)c2ccccc12. The molecule has 5 heteroatoms. The second-order valence-corrected chi connectivity index (χ2v) is 9.38. The number of hydrogen-bond acceptors (Lipinski definition) is 2. The largest absolute Gasteiger partial charge is 0.496 e. The summed E-state index contributed by atoms with van der Waals surface area (Å²) in [7, 11) is 1.70. The van der Waals surface area contributed by atoms with Crippen LogP contribution in [-0.2, 0) is 0 Å². The van der Waals surface area contributed by atoms with Crippen molar-refractivity contribution >= 4 is 75.2 Å². The van der Waals surface area contributed by atoms with E-state index in [4.69, 9.17) is 9.72 Å². The highest BCUT2D eigenvalue weighted by atomic mass is 79.9. The molecule has 31 heavy (non-hydrogen) atoms. The first-order chi connectivity index (χ1) is 15.1. The zero-order chi connectivity index (χ0) is 21.1. The van der Waals surface area contributed by atoms with E-state index in [0.717, 1.165) is 58.7 Å². The number of nitrogens with zero attached hydrogens (tertiary/aromatic N) is 1. The highest BCUT2D eigenvalue weighted by Gasteiger charge is 2.16. The maximum Gasteiger partial charge on any atom is 0.139 e. The van der Waals surface area contributed by atoms with Gasteiger partial charge >= 0.3 is 0 Å². The van der Waals surface area contributed by atoms with Crippen LogP contribution < -0.4 is 4.74 Å². The van der Waals surface area contributed by atoms with Crippen LogP contribution in [0.25, 0.3) is 54.7 Å². The molecular formula is C26H16Br2N2O. The van der Waals surface area contributed by atoms with Crippen LogP contribution in [-0.4, -0.2) is 17.1 Å². The second kappa shape index (κ2) is 7.08. The Morgan fingerprint density at radius 2 is 1.39 bits per heavy atom. The molecule has 1 aromatic heterocycles. The van der Waals surface area contributed by atoms with Crippen molar-refractivity contribution in [3.63, 3.8) is 0 Å². The van der Waals surface area contributed by atoms with Gasteiger partial charge in [0, 0.05) is 30.7 Å². The molecule has 0 aliphatic rings. The molecule has 1 heterocycles. The van der Waals surface area contributed by atoms with E-state index in [2.05, 4.69) is 91.4 Å². The molecule has 150 valence electrons. The number of benzene rings is 5. The van der Waals surface area contributed by atoms with E-state index in [9.17, 15) is 0 Å². The number of H-pyrrole nitrogens is 1. The van der Waals surface area contributed by atoms with Gasteiger partial charge in [0.25, 0.3) is 0 Å². The van der Waals surface area contributed by atoms with E-state index in [-0.39, 0.29) is 0 Å². The third-order valence-corrected chi connectivity index (χ3v) is 6.83. The normalized spacial score (nSPS) is 11.7. The highest BCUT2D eigenvalue weighted by molar-refractivity contribution is 9.10. The third kappa shape index (κ3) is 2.87. The minimum Gasteiger partial charge on any atom is -0.496 e. The lowest BCUT2D eigenvalue weighted by Gasteiger charge is -2.08. The fourth-order valence-electron chi connectivity index (χ4n) is 4.45. The molecule has 5 aromatic carbocycles. The molecule has 0 unspecified atom stereocenters. The zero-order valence-electron chi connectivity index (χ0n) is 16.5. The third-order valence-electron chi connectivity index (χ3n) is 5.84. The van der Waals surface area contributed by atoms with Gasteiger partial charge in [-0.25, -0.2) is 4.98 Å². The lowest BCUT2D eigenvalue weighted by molar-refractivity contribution is 0.420. The number of aromatic amines is 1. The molecule has 0 aliphatic carbocycles. The molecule has 0 spiro atoms. The van der Waals surface area contributed by atoms with Crippen LogP contribution in [0.3, 0.4) is 0 Å². The van der Waals surface area contributed by atoms with Gasteiger partial charge in [0.15, 0.2) is 0 Å². The van der Waals surface area contributed by atoms with Crippen LogP contribution in [0.4, 0.5) is 0 Å². The molecule has 0 atom stereocenters. The number of imidazole rings is 1. The van der Waals surface area contributed by atoms with E-state index in [1.54, 1.807) is 7.11 Å². The van der Waals surface area contributed by atoms with Gasteiger partial charge in [-0.05, 0) is 52.6 Å². The lowest BCUT2D eigenvalue weighted by Crippen LogP contribution is -1.88. The van der Waals surface area contributed by atoms with Crippen molar-refractivity contribution in [2.75, 3.05) is 7.11 Å². The highest BCUT2D eigenvalue weighted by Crippen LogP contribution is 2.39. The lowest BCUT2D eigenvalue weighted by atomic mass is 10.0. The van der Waals surface area contributed by atoms with Crippen molar-refractivity contribution in [2.45, 2.75) is 0 Å². The van der Waals surface area contributed by atoms with E-state index in [1.807, 2.05) is 18.2 Å². The van der Waals surface area contributed by atoms with Gasteiger partial charge in [-0.15, -0.1) is 0 Å². The molecule has 0 radical (unpaired) electrons. The van der Waals surface area contributed by atoms with Gasteiger partial charge in [0.2, 0.25) is 0 Å². The summed E-state index contributed by atoms with van der Waals surface area (Å²) in [6.07, 6.45) is 0. The Hall–Kier alpha value is -2.89. The number of ether oxygens (including phenoxy) is 1. The fourth-order valence-corrected chi connectivity index (χ4v) is 5.17. The number of methoxy groups -OCH3 is 1. The summed E-state index contributed by atoms with van der Waals surface area (Å²) in [5.74, 6) is 1.71. The van der Waals surface area contributed by atoms with Crippen LogP contribution in [0.5, 0.6) is 5.75 Å². The quantitative estimate of drug-likeness (QED) is 0.228. The minimum atomic E-state index is 0.850. The average molecular weight is 532 g/mol. The predicted octanol–water partition coefficient (Wildman–Crippen LogP) is 8.22. The number of fused-ring (bicyclic) bond motifs is 7. The number of aromatic nitrogens is 2. The molecule has 0 aliphatic heterocycles. The summed E-state index contributed by atoms with van der Waals surface area (Å²) in [6.45, 7) is 0. The molecule has 6 rings (SSSR count). The Morgan fingerprint density at radius 1 is 0.710 bits per heavy atom. The first-order valence-electron chi connectivity index (χ1n) is 9.90. The molecular weight excluding hydrogens is 516 g/mol. The van der Waals surface area contributed by atoms with Gasteiger partial charge < -0.3 is 9.72 Å². The van der Waals surface area contributed by atoms with Crippen LogP contribution in [0.2, 0.25) is 0 Å². The van der Waals surface area contributed by atoms with Gasteiger partial charge in [0.1, 0.15) is 11.6 Å². The molecule has 6 aromatic rings. The van der Waals surface area contributed by atoms with Crippen molar-refractivity contribution in [1.82, 2.24) is 9.97 Å². The summed E-state index contributed by atoms with van der Waals surface area (Å²) >= 11 is 7.27. The van der Waals surface area contributed by atoms with Crippen LogP contribution in [0.1, 0.15) is 0 Å². The number of nitrogens with one attached hydrogen (secondary N) is 1. The molecule has 0 bridgehead atoms. The van der Waals surface area contributed by atoms with Gasteiger partial charge in [0.05, 0.1) is 18.1 Å². The van der Waals surface area contributed by atoms with Crippen molar-refractivity contribution in [2.24, 2.45) is 0 Å². The number of rotatable bonds is 2. The molecule has 1 N–H and O–H groups in total. The van der Waals surface area contributed by atoms with Gasteiger partial charge in [-0.1, -0.05) is 68.3 Å².